The van der Waals surface area contributed by atoms with Gasteiger partial charge in [0.15, 0.2) is 0 Å². The summed E-state index contributed by atoms with van der Waals surface area (Å²) in [6, 6.07) is 2.19. The van der Waals surface area contributed by atoms with Gasteiger partial charge < -0.3 is 4.74 Å². The summed E-state index contributed by atoms with van der Waals surface area (Å²) in [6.07, 6.45) is 0. The van der Waals surface area contributed by atoms with E-state index in [9.17, 15) is 0 Å². The van der Waals surface area contributed by atoms with Gasteiger partial charge in [-0.3, -0.25) is 4.90 Å². The number of methoxy groups -OCH3 is 1. The van der Waals surface area contributed by atoms with E-state index in [1.807, 2.05) is 0 Å². The number of nitrogens with zero attached hydrogens (tertiary/aromatic N) is 1. The van der Waals surface area contributed by atoms with Crippen molar-refractivity contribution >= 4 is 27.3 Å². The Balaban J connectivity index is 1.85. The van der Waals surface area contributed by atoms with Crippen LogP contribution < -0.4 is 0 Å². The van der Waals surface area contributed by atoms with Crippen LogP contribution in [0.3, 0.4) is 0 Å². The third-order valence-corrected chi connectivity index (χ3v) is 4.29. The lowest BCUT2D eigenvalue weighted by Gasteiger charge is -2.46. The predicted molar refractivity (Wildman–Crippen MR) is 62.7 cm³/mol. The maximum absolute atomic E-state index is 5.40. The monoisotopic (exact) mass is 275 g/mol. The molecule has 1 aliphatic rings. The van der Waals surface area contributed by atoms with Crippen molar-refractivity contribution in [3.63, 3.8) is 0 Å². The molecule has 0 aliphatic carbocycles. The Bertz CT molecular complexity index is 320. The first-order valence-electron chi connectivity index (χ1n) is 4.62. The van der Waals surface area contributed by atoms with Crippen LogP contribution >= 0.6 is 27.3 Å². The van der Waals surface area contributed by atoms with E-state index in [1.54, 1.807) is 18.4 Å². The van der Waals surface area contributed by atoms with E-state index in [0.717, 1.165) is 19.6 Å². The number of likely N-dealkylation sites (tertiary alicyclic amines) is 1. The van der Waals surface area contributed by atoms with Crippen LogP contribution in [0.25, 0.3) is 0 Å². The smallest absolute Gasteiger partial charge is 0.0903 e. The summed E-state index contributed by atoms with van der Waals surface area (Å²) < 4.78 is 6.59. The van der Waals surface area contributed by atoms with Gasteiger partial charge in [0.05, 0.1) is 5.60 Å². The van der Waals surface area contributed by atoms with E-state index in [1.165, 1.54) is 9.35 Å². The van der Waals surface area contributed by atoms with Crippen LogP contribution in [0.5, 0.6) is 0 Å². The quantitative estimate of drug-likeness (QED) is 0.841. The van der Waals surface area contributed by atoms with Crippen molar-refractivity contribution in [2.45, 2.75) is 19.1 Å². The van der Waals surface area contributed by atoms with Gasteiger partial charge in [0.1, 0.15) is 0 Å². The van der Waals surface area contributed by atoms with Crippen LogP contribution in [-0.4, -0.2) is 30.7 Å². The van der Waals surface area contributed by atoms with Gasteiger partial charge in [0.25, 0.3) is 0 Å². The molecule has 2 heterocycles. The average Bonchev–Trinajstić information content (AvgIpc) is 2.48. The van der Waals surface area contributed by atoms with E-state index >= 15 is 0 Å². The molecule has 0 unspecified atom stereocenters. The number of rotatable bonds is 3. The molecule has 0 aromatic carbocycles. The third-order valence-electron chi connectivity index (χ3n) is 2.61. The van der Waals surface area contributed by atoms with Crippen molar-refractivity contribution in [3.8, 4) is 0 Å². The molecule has 0 saturated carbocycles. The molecule has 0 radical (unpaired) electrons. The summed E-state index contributed by atoms with van der Waals surface area (Å²) in [5, 5.41) is 2.13. The van der Waals surface area contributed by atoms with Gasteiger partial charge in [0, 0.05) is 41.5 Å². The Morgan fingerprint density at radius 2 is 2.36 bits per heavy atom. The molecule has 0 amide bonds. The van der Waals surface area contributed by atoms with Crippen LogP contribution in [0.15, 0.2) is 15.9 Å². The van der Waals surface area contributed by atoms with Crippen LogP contribution in [0.1, 0.15) is 11.8 Å². The van der Waals surface area contributed by atoms with Gasteiger partial charge in [-0.2, -0.15) is 0 Å². The molecule has 0 N–H and O–H groups in total. The highest BCUT2D eigenvalue weighted by molar-refractivity contribution is 9.10. The van der Waals surface area contributed by atoms with Crippen molar-refractivity contribution in [1.82, 2.24) is 4.90 Å². The molecule has 2 nitrogen and oxygen atoms in total. The molecule has 14 heavy (non-hydrogen) atoms. The predicted octanol–water partition coefficient (Wildman–Crippen LogP) is 2.73. The largest absolute Gasteiger partial charge is 0.376 e. The van der Waals surface area contributed by atoms with Gasteiger partial charge in [-0.05, 0) is 28.9 Å². The Labute approximate surface area is 97.0 Å². The minimum absolute atomic E-state index is 0.0918. The first kappa shape index (κ1) is 10.6. The molecule has 1 saturated heterocycles. The molecule has 0 atom stereocenters. The third kappa shape index (κ3) is 2.19. The molecule has 0 spiro atoms. The molecular weight excluding hydrogens is 262 g/mol. The standard InChI is InChI=1S/C10H14BrNOS/c1-10(13-2)6-12(7-10)4-9-3-8(11)5-14-9/h3,5H,4,6-7H2,1-2H3. The number of thiophene rings is 1. The highest BCUT2D eigenvalue weighted by Crippen LogP contribution is 2.28. The number of hydrogen-bond donors (Lipinski definition) is 0. The lowest BCUT2D eigenvalue weighted by atomic mass is 9.96. The van der Waals surface area contributed by atoms with Crippen LogP contribution in [0, 0.1) is 0 Å². The second kappa shape index (κ2) is 3.93. The van der Waals surface area contributed by atoms with Gasteiger partial charge in [-0.15, -0.1) is 11.3 Å². The van der Waals surface area contributed by atoms with Crippen LogP contribution in [-0.2, 0) is 11.3 Å². The lowest BCUT2D eigenvalue weighted by Crippen LogP contribution is -2.60. The van der Waals surface area contributed by atoms with Gasteiger partial charge in [-0.1, -0.05) is 0 Å². The fraction of sp³-hybridized carbons (Fsp3) is 0.600. The fourth-order valence-electron chi connectivity index (χ4n) is 1.80. The Hall–Kier alpha value is 0.1000. The highest BCUT2D eigenvalue weighted by atomic mass is 79.9. The molecule has 4 heteroatoms. The molecule has 2 rings (SSSR count). The summed E-state index contributed by atoms with van der Waals surface area (Å²) in [5.41, 5.74) is 0.0918. The molecular formula is C10H14BrNOS. The maximum Gasteiger partial charge on any atom is 0.0903 e. The summed E-state index contributed by atoms with van der Waals surface area (Å²) in [4.78, 5) is 3.82. The van der Waals surface area contributed by atoms with Gasteiger partial charge in [-0.25, -0.2) is 0 Å². The summed E-state index contributed by atoms with van der Waals surface area (Å²) in [6.45, 7) is 5.29. The SMILES string of the molecule is COC1(C)CN(Cc2cc(Br)cs2)C1. The maximum atomic E-state index is 5.40. The van der Waals surface area contributed by atoms with E-state index in [0.29, 0.717) is 0 Å². The summed E-state index contributed by atoms with van der Waals surface area (Å²) in [5.74, 6) is 0. The van der Waals surface area contributed by atoms with Crippen LogP contribution in [0.4, 0.5) is 0 Å². The van der Waals surface area contributed by atoms with E-state index in [-0.39, 0.29) is 5.60 Å². The van der Waals surface area contributed by atoms with Crippen molar-refractivity contribution in [1.29, 1.82) is 0 Å². The Morgan fingerprint density at radius 1 is 1.64 bits per heavy atom. The number of halogens is 1. The van der Waals surface area contributed by atoms with E-state index < -0.39 is 0 Å². The first-order chi connectivity index (χ1) is 6.61. The minimum Gasteiger partial charge on any atom is -0.376 e. The molecule has 78 valence electrons. The average molecular weight is 276 g/mol. The van der Waals surface area contributed by atoms with Gasteiger partial charge in [0.2, 0.25) is 0 Å². The van der Waals surface area contributed by atoms with E-state index in [4.69, 9.17) is 4.74 Å². The van der Waals surface area contributed by atoms with Crippen molar-refractivity contribution in [2.75, 3.05) is 20.2 Å². The fourth-order valence-corrected chi connectivity index (χ4v) is 3.29. The summed E-state index contributed by atoms with van der Waals surface area (Å²) in [7, 11) is 1.79. The molecule has 1 aromatic rings. The highest BCUT2D eigenvalue weighted by Gasteiger charge is 2.38. The molecule has 1 aromatic heterocycles. The minimum atomic E-state index is 0.0918. The van der Waals surface area contributed by atoms with E-state index in [2.05, 4.69) is 39.2 Å². The normalized spacial score (nSPS) is 20.8. The number of ether oxygens (including phenoxy) is 1. The second-order valence-corrected chi connectivity index (χ2v) is 5.94. The van der Waals surface area contributed by atoms with Crippen LogP contribution in [0.2, 0.25) is 0 Å². The second-order valence-electron chi connectivity index (χ2n) is 4.03. The zero-order chi connectivity index (χ0) is 10.2. The topological polar surface area (TPSA) is 12.5 Å². The molecule has 1 fully saturated rings. The lowest BCUT2D eigenvalue weighted by molar-refractivity contribution is -0.114. The zero-order valence-electron chi connectivity index (χ0n) is 8.42. The molecule has 0 bridgehead atoms. The molecule has 1 aliphatic heterocycles. The summed E-state index contributed by atoms with van der Waals surface area (Å²) >= 11 is 5.27. The van der Waals surface area contributed by atoms with Gasteiger partial charge >= 0.3 is 0 Å². The van der Waals surface area contributed by atoms with Crippen molar-refractivity contribution in [2.24, 2.45) is 0 Å². The first-order valence-corrected chi connectivity index (χ1v) is 6.29. The van der Waals surface area contributed by atoms with Crippen molar-refractivity contribution < 1.29 is 4.74 Å². The van der Waals surface area contributed by atoms with Crippen molar-refractivity contribution in [3.05, 3.63) is 20.8 Å². The number of hydrogen-bond acceptors (Lipinski definition) is 3. The zero-order valence-corrected chi connectivity index (χ0v) is 10.8. The Morgan fingerprint density at radius 3 is 2.86 bits per heavy atom. The Kier molecular flexibility index (Phi) is 2.98.